The molecule has 3 aromatic rings. The second kappa shape index (κ2) is 8.24. The summed E-state index contributed by atoms with van der Waals surface area (Å²) in [5.74, 6) is -1.22. The third-order valence-electron chi connectivity index (χ3n) is 4.60. The molecular weight excluding hydrogens is 371 g/mol. The van der Waals surface area contributed by atoms with Crippen LogP contribution in [0.5, 0.6) is 0 Å². The van der Waals surface area contributed by atoms with Crippen molar-refractivity contribution in [2.75, 3.05) is 10.2 Å². The maximum atomic E-state index is 13.3. The lowest BCUT2D eigenvalue weighted by Gasteiger charge is -2.22. The number of ether oxygens (including phenoxy) is 1. The first-order chi connectivity index (χ1) is 14.1. The molecule has 1 heterocycles. The number of hydrogen-bond donors (Lipinski definition) is 1. The van der Waals surface area contributed by atoms with Crippen LogP contribution in [0, 0.1) is 5.82 Å². The molecule has 1 aliphatic heterocycles. The maximum absolute atomic E-state index is 13.3. The number of carbonyl (C=O) groups is 2. The zero-order valence-electron chi connectivity index (χ0n) is 15.5. The van der Waals surface area contributed by atoms with Crippen LogP contribution in [0.2, 0.25) is 0 Å². The van der Waals surface area contributed by atoms with Gasteiger partial charge in [-0.2, -0.15) is 0 Å². The number of hydrogen-bond acceptors (Lipinski definition) is 3. The monoisotopic (exact) mass is 390 g/mol. The zero-order chi connectivity index (χ0) is 20.2. The van der Waals surface area contributed by atoms with E-state index in [2.05, 4.69) is 5.32 Å². The third kappa shape index (κ3) is 4.50. The van der Waals surface area contributed by atoms with Gasteiger partial charge in [0.05, 0.1) is 6.54 Å². The number of rotatable bonds is 6. The Morgan fingerprint density at radius 3 is 2.28 bits per heavy atom. The van der Waals surface area contributed by atoms with Crippen molar-refractivity contribution in [1.82, 2.24) is 0 Å². The number of benzene rings is 3. The normalized spacial score (nSPS) is 17.4. The molecule has 0 saturated carbocycles. The van der Waals surface area contributed by atoms with Crippen molar-refractivity contribution in [2.45, 2.75) is 18.8 Å². The minimum absolute atomic E-state index is 0.292. The molecule has 1 saturated heterocycles. The van der Waals surface area contributed by atoms with Gasteiger partial charge in [0.25, 0.3) is 11.8 Å². The summed E-state index contributed by atoms with van der Waals surface area (Å²) in [5, 5.41) is 2.58. The quantitative estimate of drug-likeness (QED) is 0.652. The molecule has 0 spiro atoms. The Hall–Kier alpha value is -3.51. The van der Waals surface area contributed by atoms with Crippen molar-refractivity contribution in [1.29, 1.82) is 0 Å². The van der Waals surface area contributed by atoms with Gasteiger partial charge in [-0.15, -0.1) is 0 Å². The van der Waals surface area contributed by atoms with Gasteiger partial charge in [0.2, 0.25) is 0 Å². The molecule has 2 atom stereocenters. The van der Waals surface area contributed by atoms with Crippen molar-refractivity contribution in [3.63, 3.8) is 0 Å². The zero-order valence-corrected chi connectivity index (χ0v) is 15.5. The number of nitrogens with zero attached hydrogens (tertiary/aromatic N) is 1. The minimum Gasteiger partial charge on any atom is -0.349 e. The average Bonchev–Trinajstić information content (AvgIpc) is 3.54. The first-order valence-electron chi connectivity index (χ1n) is 9.24. The average molecular weight is 390 g/mol. The summed E-state index contributed by atoms with van der Waals surface area (Å²) in [7, 11) is 0. The van der Waals surface area contributed by atoms with Gasteiger partial charge in [-0.3, -0.25) is 9.59 Å². The molecule has 3 aromatic carbocycles. The van der Waals surface area contributed by atoms with E-state index >= 15 is 0 Å². The molecule has 1 aliphatic rings. The summed E-state index contributed by atoms with van der Waals surface area (Å²) in [6.07, 6.45) is -1.76. The largest absolute Gasteiger partial charge is 0.349 e. The number of epoxide rings is 1. The molecule has 1 fully saturated rings. The molecule has 5 nitrogen and oxygen atoms in total. The first kappa shape index (κ1) is 18.8. The van der Waals surface area contributed by atoms with Gasteiger partial charge in [0.1, 0.15) is 5.82 Å². The van der Waals surface area contributed by atoms with Gasteiger partial charge in [-0.05, 0) is 35.9 Å². The van der Waals surface area contributed by atoms with Crippen molar-refractivity contribution in [2.24, 2.45) is 0 Å². The molecule has 0 aliphatic carbocycles. The van der Waals surface area contributed by atoms with E-state index in [4.69, 9.17) is 4.74 Å². The lowest BCUT2D eigenvalue weighted by Crippen LogP contribution is -2.36. The van der Waals surface area contributed by atoms with Crippen molar-refractivity contribution in [3.05, 3.63) is 96.3 Å². The van der Waals surface area contributed by atoms with Crippen LogP contribution in [0.1, 0.15) is 5.56 Å². The Bertz CT molecular complexity index is 1010. The van der Waals surface area contributed by atoms with Crippen molar-refractivity contribution in [3.8, 4) is 0 Å². The van der Waals surface area contributed by atoms with E-state index in [1.807, 2.05) is 60.7 Å². The van der Waals surface area contributed by atoms with Crippen LogP contribution in [-0.4, -0.2) is 24.0 Å². The van der Waals surface area contributed by atoms with Crippen LogP contribution in [0.25, 0.3) is 0 Å². The highest BCUT2D eigenvalue weighted by Gasteiger charge is 2.52. The molecule has 146 valence electrons. The maximum Gasteiger partial charge on any atom is 0.259 e. The lowest BCUT2D eigenvalue weighted by molar-refractivity contribution is -0.120. The van der Waals surface area contributed by atoms with E-state index in [-0.39, 0.29) is 5.91 Å². The van der Waals surface area contributed by atoms with Gasteiger partial charge >= 0.3 is 0 Å². The second-order valence-electron chi connectivity index (χ2n) is 6.72. The number of halogens is 1. The van der Waals surface area contributed by atoms with Crippen LogP contribution >= 0.6 is 0 Å². The van der Waals surface area contributed by atoms with E-state index in [1.54, 1.807) is 11.0 Å². The Balaban J connectivity index is 1.47. The van der Waals surface area contributed by atoms with Gasteiger partial charge in [0, 0.05) is 11.4 Å². The first-order valence-corrected chi connectivity index (χ1v) is 9.24. The van der Waals surface area contributed by atoms with Crippen LogP contribution in [0.15, 0.2) is 84.9 Å². The van der Waals surface area contributed by atoms with Crippen molar-refractivity contribution >= 4 is 23.2 Å². The van der Waals surface area contributed by atoms with Gasteiger partial charge in [-0.1, -0.05) is 54.6 Å². The highest BCUT2D eigenvalue weighted by atomic mass is 19.1. The van der Waals surface area contributed by atoms with E-state index in [1.165, 1.54) is 18.2 Å². The summed E-state index contributed by atoms with van der Waals surface area (Å²) in [6.45, 7) is 0.363. The molecule has 6 heteroatoms. The Morgan fingerprint density at radius 2 is 1.59 bits per heavy atom. The summed E-state index contributed by atoms with van der Waals surface area (Å²) in [4.78, 5) is 27.1. The highest BCUT2D eigenvalue weighted by Crippen LogP contribution is 2.29. The van der Waals surface area contributed by atoms with Gasteiger partial charge in [-0.25, -0.2) is 4.39 Å². The molecule has 2 unspecified atom stereocenters. The van der Waals surface area contributed by atoms with Crippen LogP contribution < -0.4 is 10.2 Å². The molecule has 4 rings (SSSR count). The Morgan fingerprint density at radius 1 is 0.897 bits per heavy atom. The predicted molar refractivity (Wildman–Crippen MR) is 108 cm³/mol. The smallest absolute Gasteiger partial charge is 0.259 e. The minimum atomic E-state index is -0.896. The molecule has 0 radical (unpaired) electrons. The standard InChI is InChI=1S/C23H19FN2O3/c24-17-10-7-11-18(14-17)25-22(27)20-21(29-20)23(28)26(19-12-5-2-6-13-19)15-16-8-3-1-4-9-16/h1-14,20-21H,15H2,(H,25,27). The summed E-state index contributed by atoms with van der Waals surface area (Å²) < 4.78 is 18.7. The van der Waals surface area contributed by atoms with Gasteiger partial charge < -0.3 is 15.0 Å². The van der Waals surface area contributed by atoms with E-state index in [0.29, 0.717) is 12.2 Å². The Labute approximate surface area is 167 Å². The number of carbonyl (C=O) groups excluding carboxylic acids is 2. The summed E-state index contributed by atoms with van der Waals surface area (Å²) in [6, 6.07) is 24.4. The molecule has 0 aromatic heterocycles. The topological polar surface area (TPSA) is 61.9 Å². The number of nitrogens with one attached hydrogen (secondary N) is 1. The van der Waals surface area contributed by atoms with E-state index in [0.717, 1.165) is 11.3 Å². The Kier molecular flexibility index (Phi) is 5.35. The van der Waals surface area contributed by atoms with Crippen molar-refractivity contribution < 1.29 is 18.7 Å². The van der Waals surface area contributed by atoms with E-state index in [9.17, 15) is 14.0 Å². The lowest BCUT2D eigenvalue weighted by atomic mass is 10.1. The second-order valence-corrected chi connectivity index (χ2v) is 6.72. The van der Waals surface area contributed by atoms with Crippen LogP contribution in [-0.2, 0) is 20.9 Å². The molecule has 29 heavy (non-hydrogen) atoms. The summed E-state index contributed by atoms with van der Waals surface area (Å²) >= 11 is 0. The molecule has 0 bridgehead atoms. The number of para-hydroxylation sites is 1. The number of anilines is 2. The highest BCUT2D eigenvalue weighted by molar-refractivity contribution is 6.06. The number of amides is 2. The fourth-order valence-corrected chi connectivity index (χ4v) is 3.10. The molecule has 1 N–H and O–H groups in total. The predicted octanol–water partition coefficient (Wildman–Crippen LogP) is 3.77. The van der Waals surface area contributed by atoms with E-state index < -0.39 is 23.9 Å². The van der Waals surface area contributed by atoms with Gasteiger partial charge in [0.15, 0.2) is 12.2 Å². The third-order valence-corrected chi connectivity index (χ3v) is 4.60. The SMILES string of the molecule is O=C(Nc1cccc(F)c1)C1OC1C(=O)N(Cc1ccccc1)c1ccccc1. The molecular formula is C23H19FN2O3. The summed E-state index contributed by atoms with van der Waals surface area (Å²) in [5.41, 5.74) is 2.01. The van der Waals surface area contributed by atoms with Crippen LogP contribution in [0.4, 0.5) is 15.8 Å². The fourth-order valence-electron chi connectivity index (χ4n) is 3.10. The fraction of sp³-hybridized carbons (Fsp3) is 0.130. The van der Waals surface area contributed by atoms with Crippen LogP contribution in [0.3, 0.4) is 0 Å². The molecule has 2 amide bonds.